The zero-order valence-corrected chi connectivity index (χ0v) is 15.8. The van der Waals surface area contributed by atoms with Crippen LogP contribution >= 0.6 is 0 Å². The topological polar surface area (TPSA) is 43.4 Å². The number of ether oxygens (including phenoxy) is 1. The molecule has 0 saturated carbocycles. The Morgan fingerprint density at radius 3 is 2.28 bits per heavy atom. The molecule has 0 radical (unpaired) electrons. The lowest BCUT2D eigenvalue weighted by molar-refractivity contribution is -0.148. The maximum atomic E-state index is 12.2. The van der Waals surface area contributed by atoms with Crippen LogP contribution in [0.1, 0.15) is 76.7 Å². The van der Waals surface area contributed by atoms with Gasteiger partial charge in [0.1, 0.15) is 6.29 Å². The summed E-state index contributed by atoms with van der Waals surface area (Å²) in [5, 5.41) is 0. The minimum Gasteiger partial charge on any atom is -0.465 e. The number of hydrogen-bond acceptors (Lipinski definition) is 3. The van der Waals surface area contributed by atoms with Crippen molar-refractivity contribution in [3.63, 3.8) is 0 Å². The number of rotatable bonds is 15. The van der Waals surface area contributed by atoms with Crippen molar-refractivity contribution in [2.75, 3.05) is 6.61 Å². The van der Waals surface area contributed by atoms with Crippen LogP contribution in [0.5, 0.6) is 0 Å². The van der Waals surface area contributed by atoms with Gasteiger partial charge in [0.15, 0.2) is 0 Å². The van der Waals surface area contributed by atoms with Gasteiger partial charge < -0.3 is 9.53 Å². The highest BCUT2D eigenvalue weighted by molar-refractivity contribution is 5.72. The summed E-state index contributed by atoms with van der Waals surface area (Å²) >= 11 is 0. The maximum Gasteiger partial charge on any atom is 0.308 e. The molecule has 1 atom stereocenters. The van der Waals surface area contributed by atoms with E-state index in [2.05, 4.69) is 19.1 Å². The largest absolute Gasteiger partial charge is 0.465 e. The summed E-state index contributed by atoms with van der Waals surface area (Å²) in [5.41, 5.74) is 1.21. The van der Waals surface area contributed by atoms with Crippen molar-refractivity contribution in [3.8, 4) is 0 Å². The van der Waals surface area contributed by atoms with Gasteiger partial charge in [-0.05, 0) is 24.8 Å². The first-order chi connectivity index (χ1) is 12.3. The summed E-state index contributed by atoms with van der Waals surface area (Å²) < 4.78 is 5.46. The van der Waals surface area contributed by atoms with Crippen molar-refractivity contribution in [1.82, 2.24) is 0 Å². The lowest BCUT2D eigenvalue weighted by Gasteiger charge is -2.14. The van der Waals surface area contributed by atoms with E-state index in [-0.39, 0.29) is 11.9 Å². The second-order valence-corrected chi connectivity index (χ2v) is 6.73. The molecule has 0 N–H and O–H groups in total. The Morgan fingerprint density at radius 1 is 1.00 bits per heavy atom. The number of carbonyl (C=O) groups is 2. The van der Waals surface area contributed by atoms with E-state index in [1.165, 1.54) is 31.2 Å². The number of aldehydes is 1. The van der Waals surface area contributed by atoms with Crippen molar-refractivity contribution in [3.05, 3.63) is 35.9 Å². The Labute approximate surface area is 153 Å². The second-order valence-electron chi connectivity index (χ2n) is 6.73. The van der Waals surface area contributed by atoms with Crippen molar-refractivity contribution >= 4 is 12.3 Å². The minimum absolute atomic E-state index is 0.0349. The van der Waals surface area contributed by atoms with Crippen molar-refractivity contribution in [2.45, 2.75) is 77.6 Å². The van der Waals surface area contributed by atoms with E-state index in [1.54, 1.807) is 0 Å². The van der Waals surface area contributed by atoms with Gasteiger partial charge in [-0.1, -0.05) is 75.8 Å². The number of hydrogen-bond donors (Lipinski definition) is 0. The van der Waals surface area contributed by atoms with E-state index in [1.807, 2.05) is 18.2 Å². The SMILES string of the molecule is CCC(CCCCCCCCCC=O)C(=O)OCCc1ccccc1. The average molecular weight is 347 g/mol. The Morgan fingerprint density at radius 2 is 1.64 bits per heavy atom. The van der Waals surface area contributed by atoms with Gasteiger partial charge in [0.25, 0.3) is 0 Å². The lowest BCUT2D eigenvalue weighted by Crippen LogP contribution is -2.18. The van der Waals surface area contributed by atoms with Crippen molar-refractivity contribution < 1.29 is 14.3 Å². The summed E-state index contributed by atoms with van der Waals surface area (Å²) in [4.78, 5) is 22.4. The highest BCUT2D eigenvalue weighted by atomic mass is 16.5. The number of unbranched alkanes of at least 4 members (excludes halogenated alkanes) is 7. The van der Waals surface area contributed by atoms with E-state index in [4.69, 9.17) is 4.74 Å². The third-order valence-corrected chi connectivity index (χ3v) is 4.68. The Kier molecular flexibility index (Phi) is 12.6. The molecule has 0 saturated heterocycles. The fourth-order valence-electron chi connectivity index (χ4n) is 3.02. The van der Waals surface area contributed by atoms with Gasteiger partial charge >= 0.3 is 5.97 Å². The monoisotopic (exact) mass is 346 g/mol. The van der Waals surface area contributed by atoms with Gasteiger partial charge in [-0.25, -0.2) is 0 Å². The average Bonchev–Trinajstić information content (AvgIpc) is 2.64. The van der Waals surface area contributed by atoms with Gasteiger partial charge in [-0.15, -0.1) is 0 Å². The quantitative estimate of drug-likeness (QED) is 0.239. The zero-order chi connectivity index (χ0) is 18.2. The molecule has 0 fully saturated rings. The molecule has 0 spiro atoms. The van der Waals surface area contributed by atoms with Gasteiger partial charge in [0, 0.05) is 12.8 Å². The molecule has 25 heavy (non-hydrogen) atoms. The number of benzene rings is 1. The van der Waals surface area contributed by atoms with Crippen LogP contribution in [0.2, 0.25) is 0 Å². The van der Waals surface area contributed by atoms with Gasteiger partial charge in [0.05, 0.1) is 12.5 Å². The van der Waals surface area contributed by atoms with Gasteiger partial charge in [0.2, 0.25) is 0 Å². The van der Waals surface area contributed by atoms with E-state index in [0.29, 0.717) is 13.0 Å². The molecule has 3 nitrogen and oxygen atoms in total. The molecular formula is C22H34O3. The first-order valence-corrected chi connectivity index (χ1v) is 9.92. The van der Waals surface area contributed by atoms with E-state index < -0.39 is 0 Å². The first kappa shape index (κ1) is 21.4. The summed E-state index contributed by atoms with van der Waals surface area (Å²) in [6, 6.07) is 10.1. The van der Waals surface area contributed by atoms with Crippen LogP contribution in [-0.4, -0.2) is 18.9 Å². The summed E-state index contributed by atoms with van der Waals surface area (Å²) in [6.45, 7) is 2.54. The second kappa shape index (κ2) is 14.7. The molecule has 1 aromatic rings. The molecule has 0 bridgehead atoms. The predicted molar refractivity (Wildman–Crippen MR) is 103 cm³/mol. The molecular weight excluding hydrogens is 312 g/mol. The third-order valence-electron chi connectivity index (χ3n) is 4.68. The van der Waals surface area contributed by atoms with E-state index in [9.17, 15) is 9.59 Å². The minimum atomic E-state index is -0.0349. The molecule has 0 aliphatic heterocycles. The highest BCUT2D eigenvalue weighted by Crippen LogP contribution is 2.17. The molecule has 140 valence electrons. The fourth-order valence-corrected chi connectivity index (χ4v) is 3.02. The highest BCUT2D eigenvalue weighted by Gasteiger charge is 2.17. The summed E-state index contributed by atoms with van der Waals surface area (Å²) in [5.74, 6) is 0.00987. The molecule has 1 unspecified atom stereocenters. The first-order valence-electron chi connectivity index (χ1n) is 9.92. The van der Waals surface area contributed by atoms with Crippen LogP contribution in [0.15, 0.2) is 30.3 Å². The van der Waals surface area contributed by atoms with Gasteiger partial charge in [-0.3, -0.25) is 4.79 Å². The standard InChI is InChI=1S/C22H34O3/c1-2-21(16-12-7-5-3-4-6-8-13-18-23)22(24)25-19-17-20-14-10-9-11-15-20/h9-11,14-15,18,21H,2-8,12-13,16-17,19H2,1H3. The molecule has 0 aromatic heterocycles. The van der Waals surface area contributed by atoms with Gasteiger partial charge in [-0.2, -0.15) is 0 Å². The Balaban J connectivity index is 2.06. The lowest BCUT2D eigenvalue weighted by atomic mass is 9.98. The zero-order valence-electron chi connectivity index (χ0n) is 15.8. The fraction of sp³-hybridized carbons (Fsp3) is 0.636. The summed E-state index contributed by atoms with van der Waals surface area (Å²) in [7, 11) is 0. The molecule has 0 heterocycles. The number of esters is 1. The smallest absolute Gasteiger partial charge is 0.308 e. The molecule has 3 heteroatoms. The normalized spacial score (nSPS) is 11.9. The predicted octanol–water partition coefficient (Wildman–Crippen LogP) is 5.51. The van der Waals surface area contributed by atoms with E-state index >= 15 is 0 Å². The van der Waals surface area contributed by atoms with Crippen LogP contribution in [0.4, 0.5) is 0 Å². The van der Waals surface area contributed by atoms with Crippen molar-refractivity contribution in [1.29, 1.82) is 0 Å². The molecule has 0 aliphatic carbocycles. The van der Waals surface area contributed by atoms with Crippen LogP contribution in [0.25, 0.3) is 0 Å². The van der Waals surface area contributed by atoms with Crippen LogP contribution in [0.3, 0.4) is 0 Å². The van der Waals surface area contributed by atoms with Crippen LogP contribution in [0, 0.1) is 5.92 Å². The van der Waals surface area contributed by atoms with Crippen LogP contribution < -0.4 is 0 Å². The molecule has 1 rings (SSSR count). The molecule has 0 aliphatic rings. The van der Waals surface area contributed by atoms with Crippen LogP contribution in [-0.2, 0) is 20.7 Å². The maximum absolute atomic E-state index is 12.2. The Bertz CT molecular complexity index is 456. The number of carbonyl (C=O) groups excluding carboxylic acids is 2. The summed E-state index contributed by atoms with van der Waals surface area (Å²) in [6.07, 6.45) is 12.4. The molecule has 1 aromatic carbocycles. The van der Waals surface area contributed by atoms with E-state index in [0.717, 1.165) is 44.8 Å². The molecule has 0 amide bonds. The third kappa shape index (κ3) is 10.8. The Hall–Kier alpha value is -1.64. The van der Waals surface area contributed by atoms with Crippen molar-refractivity contribution in [2.24, 2.45) is 5.92 Å².